The number of piperidine rings is 1. The molecule has 1 heterocycles. The van der Waals surface area contributed by atoms with Crippen LogP contribution in [-0.4, -0.2) is 60.5 Å². The van der Waals surface area contributed by atoms with E-state index in [1.54, 1.807) is 0 Å². The molecular formula is C15H32N2O2. The van der Waals surface area contributed by atoms with Gasteiger partial charge in [0.15, 0.2) is 0 Å². The highest BCUT2D eigenvalue weighted by molar-refractivity contribution is 4.83. The Morgan fingerprint density at radius 3 is 2.63 bits per heavy atom. The molecule has 1 aliphatic heterocycles. The number of nitrogens with zero attached hydrogens (tertiary/aromatic N) is 1. The quantitative estimate of drug-likeness (QED) is 0.588. The minimum Gasteiger partial charge on any atom is -0.396 e. The van der Waals surface area contributed by atoms with E-state index in [-0.39, 0.29) is 6.61 Å². The Bertz CT molecular complexity index is 224. The second kappa shape index (κ2) is 9.70. The first kappa shape index (κ1) is 16.9. The molecule has 0 aliphatic carbocycles. The molecule has 0 aromatic heterocycles. The minimum absolute atomic E-state index is 0.242. The van der Waals surface area contributed by atoms with E-state index < -0.39 is 0 Å². The number of hydrogen-bond donors (Lipinski definition) is 3. The second-order valence-corrected chi connectivity index (χ2v) is 6.28. The van der Waals surface area contributed by atoms with Gasteiger partial charge < -0.3 is 15.5 Å². The highest BCUT2D eigenvalue weighted by Gasteiger charge is 2.26. The average Bonchev–Trinajstić information content (AvgIpc) is 2.36. The fourth-order valence-electron chi connectivity index (χ4n) is 2.94. The number of aliphatic hydroxyl groups is 2. The fraction of sp³-hybridized carbons (Fsp3) is 1.00. The van der Waals surface area contributed by atoms with Gasteiger partial charge >= 0.3 is 0 Å². The lowest BCUT2D eigenvalue weighted by Gasteiger charge is -2.38. The zero-order valence-electron chi connectivity index (χ0n) is 12.6. The van der Waals surface area contributed by atoms with E-state index in [0.717, 1.165) is 44.9 Å². The molecule has 0 bridgehead atoms. The number of β-amino-alcohol motifs (C(OH)–C–C–N with tert-alkyl or cyclic N) is 1. The van der Waals surface area contributed by atoms with E-state index in [0.29, 0.717) is 18.6 Å². The summed E-state index contributed by atoms with van der Waals surface area (Å²) in [5.41, 5.74) is 0. The van der Waals surface area contributed by atoms with Crippen LogP contribution < -0.4 is 5.32 Å². The first-order valence-electron chi connectivity index (χ1n) is 7.83. The van der Waals surface area contributed by atoms with Crippen molar-refractivity contribution in [3.8, 4) is 0 Å². The summed E-state index contributed by atoms with van der Waals surface area (Å²) in [6, 6.07) is 0.544. The number of nitrogens with one attached hydrogen (secondary N) is 1. The first-order chi connectivity index (χ1) is 9.15. The summed E-state index contributed by atoms with van der Waals surface area (Å²) in [6.45, 7) is 9.03. The maximum absolute atomic E-state index is 9.11. The summed E-state index contributed by atoms with van der Waals surface area (Å²) >= 11 is 0. The maximum atomic E-state index is 9.11. The standard InChI is InChI=1S/C15H32N2O2/c1-13(2)5-6-16-15-10-14(4-3-8-18)11-17(12-15)7-9-19/h13-16,18-19H,3-12H2,1-2H3. The van der Waals surface area contributed by atoms with Gasteiger partial charge in [0, 0.05) is 32.3 Å². The van der Waals surface area contributed by atoms with Gasteiger partial charge in [-0.3, -0.25) is 4.90 Å². The summed E-state index contributed by atoms with van der Waals surface area (Å²) in [5, 5.41) is 21.7. The van der Waals surface area contributed by atoms with Crippen LogP contribution in [0.1, 0.15) is 39.5 Å². The Morgan fingerprint density at radius 2 is 2.00 bits per heavy atom. The lowest BCUT2D eigenvalue weighted by molar-refractivity contribution is 0.108. The molecule has 0 amide bonds. The normalized spacial score (nSPS) is 25.1. The van der Waals surface area contributed by atoms with Crippen molar-refractivity contribution >= 4 is 0 Å². The Kier molecular flexibility index (Phi) is 8.62. The minimum atomic E-state index is 0.242. The molecule has 0 saturated carbocycles. The second-order valence-electron chi connectivity index (χ2n) is 6.28. The fourth-order valence-corrected chi connectivity index (χ4v) is 2.94. The van der Waals surface area contributed by atoms with E-state index in [2.05, 4.69) is 24.1 Å². The van der Waals surface area contributed by atoms with Gasteiger partial charge in [0.2, 0.25) is 0 Å². The summed E-state index contributed by atoms with van der Waals surface area (Å²) in [7, 11) is 0. The van der Waals surface area contributed by atoms with Gasteiger partial charge in [0.05, 0.1) is 6.61 Å². The molecule has 2 unspecified atom stereocenters. The lowest BCUT2D eigenvalue weighted by Crippen LogP contribution is -2.50. The van der Waals surface area contributed by atoms with E-state index in [9.17, 15) is 0 Å². The van der Waals surface area contributed by atoms with Crippen LogP contribution in [0.15, 0.2) is 0 Å². The predicted octanol–water partition coefficient (Wildman–Crippen LogP) is 1.08. The van der Waals surface area contributed by atoms with Crippen LogP contribution >= 0.6 is 0 Å². The molecule has 3 N–H and O–H groups in total. The topological polar surface area (TPSA) is 55.7 Å². The van der Waals surface area contributed by atoms with E-state index in [4.69, 9.17) is 10.2 Å². The summed E-state index contributed by atoms with van der Waals surface area (Å²) in [4.78, 5) is 2.36. The Balaban J connectivity index is 2.35. The van der Waals surface area contributed by atoms with Crippen LogP contribution in [0.4, 0.5) is 0 Å². The van der Waals surface area contributed by atoms with Crippen molar-refractivity contribution < 1.29 is 10.2 Å². The van der Waals surface area contributed by atoms with Crippen LogP contribution in [0.5, 0.6) is 0 Å². The highest BCUT2D eigenvalue weighted by atomic mass is 16.3. The van der Waals surface area contributed by atoms with Crippen molar-refractivity contribution in [2.45, 2.75) is 45.6 Å². The average molecular weight is 272 g/mol. The zero-order chi connectivity index (χ0) is 14.1. The Morgan fingerprint density at radius 1 is 1.21 bits per heavy atom. The van der Waals surface area contributed by atoms with Gasteiger partial charge in [-0.15, -0.1) is 0 Å². The van der Waals surface area contributed by atoms with Crippen LogP contribution in [-0.2, 0) is 0 Å². The molecule has 0 aromatic carbocycles. The third-order valence-electron chi connectivity index (χ3n) is 3.95. The predicted molar refractivity (Wildman–Crippen MR) is 79.2 cm³/mol. The third-order valence-corrected chi connectivity index (χ3v) is 3.95. The van der Waals surface area contributed by atoms with E-state index in [1.807, 2.05) is 0 Å². The van der Waals surface area contributed by atoms with Gasteiger partial charge in [-0.25, -0.2) is 0 Å². The molecule has 1 saturated heterocycles. The summed E-state index contributed by atoms with van der Waals surface area (Å²) in [6.07, 6.45) is 4.43. The zero-order valence-corrected chi connectivity index (χ0v) is 12.6. The molecule has 1 rings (SSSR count). The van der Waals surface area contributed by atoms with Crippen molar-refractivity contribution in [2.75, 3.05) is 39.4 Å². The molecule has 114 valence electrons. The van der Waals surface area contributed by atoms with Crippen molar-refractivity contribution in [1.82, 2.24) is 10.2 Å². The van der Waals surface area contributed by atoms with Gasteiger partial charge in [0.1, 0.15) is 0 Å². The van der Waals surface area contributed by atoms with Crippen molar-refractivity contribution in [3.05, 3.63) is 0 Å². The van der Waals surface area contributed by atoms with Gasteiger partial charge in [-0.2, -0.15) is 0 Å². The third kappa shape index (κ3) is 7.25. The van der Waals surface area contributed by atoms with Crippen LogP contribution in [0.25, 0.3) is 0 Å². The van der Waals surface area contributed by atoms with Gasteiger partial charge in [0.25, 0.3) is 0 Å². The lowest BCUT2D eigenvalue weighted by atomic mass is 9.90. The molecule has 19 heavy (non-hydrogen) atoms. The molecule has 2 atom stereocenters. The molecule has 0 aromatic rings. The van der Waals surface area contributed by atoms with Crippen molar-refractivity contribution in [1.29, 1.82) is 0 Å². The van der Waals surface area contributed by atoms with Crippen LogP contribution in [0, 0.1) is 11.8 Å². The SMILES string of the molecule is CC(C)CCNC1CC(CCCO)CN(CCO)C1. The number of hydrogen-bond acceptors (Lipinski definition) is 4. The monoisotopic (exact) mass is 272 g/mol. The molecule has 1 fully saturated rings. The van der Waals surface area contributed by atoms with E-state index >= 15 is 0 Å². The van der Waals surface area contributed by atoms with E-state index in [1.165, 1.54) is 12.8 Å². The van der Waals surface area contributed by atoms with Crippen LogP contribution in [0.2, 0.25) is 0 Å². The first-order valence-corrected chi connectivity index (χ1v) is 7.83. The molecular weight excluding hydrogens is 240 g/mol. The Labute approximate surface area is 118 Å². The molecule has 0 radical (unpaired) electrons. The van der Waals surface area contributed by atoms with Crippen molar-refractivity contribution in [2.24, 2.45) is 11.8 Å². The number of rotatable bonds is 9. The Hall–Kier alpha value is -0.160. The maximum Gasteiger partial charge on any atom is 0.0558 e. The smallest absolute Gasteiger partial charge is 0.0558 e. The van der Waals surface area contributed by atoms with Crippen LogP contribution in [0.3, 0.4) is 0 Å². The van der Waals surface area contributed by atoms with Gasteiger partial charge in [-0.05, 0) is 44.1 Å². The molecule has 4 nitrogen and oxygen atoms in total. The number of aliphatic hydroxyl groups excluding tert-OH is 2. The molecule has 4 heteroatoms. The highest BCUT2D eigenvalue weighted by Crippen LogP contribution is 2.21. The molecule has 1 aliphatic rings. The largest absolute Gasteiger partial charge is 0.396 e. The molecule has 0 spiro atoms. The summed E-state index contributed by atoms with van der Waals surface area (Å²) in [5.74, 6) is 1.40. The van der Waals surface area contributed by atoms with Gasteiger partial charge in [-0.1, -0.05) is 13.8 Å². The number of likely N-dealkylation sites (tertiary alicyclic amines) is 1. The van der Waals surface area contributed by atoms with Crippen molar-refractivity contribution in [3.63, 3.8) is 0 Å². The summed E-state index contributed by atoms with van der Waals surface area (Å²) < 4.78 is 0.